The Balaban J connectivity index is 2.09. The number of nitrogen functional groups attached to an aromatic ring is 1. The van der Waals surface area contributed by atoms with Crippen molar-refractivity contribution in [3.63, 3.8) is 0 Å². The minimum Gasteiger partial charge on any atom is -0.398 e. The lowest BCUT2D eigenvalue weighted by atomic mass is 10.1. The van der Waals surface area contributed by atoms with E-state index in [0.29, 0.717) is 37.9 Å². The van der Waals surface area contributed by atoms with Crippen molar-refractivity contribution in [2.45, 2.75) is 13.5 Å². The molecule has 0 amide bonds. The van der Waals surface area contributed by atoms with E-state index in [1.807, 2.05) is 25.1 Å². The normalized spacial score (nSPS) is 10.9. The fraction of sp³-hybridized carbons (Fsp3) is 0.462. The van der Waals surface area contributed by atoms with Crippen molar-refractivity contribution in [2.75, 3.05) is 32.7 Å². The van der Waals surface area contributed by atoms with E-state index in [2.05, 4.69) is 15.5 Å². The number of ether oxygens (including phenoxy) is 2. The highest BCUT2D eigenvalue weighted by atomic mass is 16.5. The van der Waals surface area contributed by atoms with Gasteiger partial charge in [0.2, 0.25) is 0 Å². The molecule has 2 rings (SSSR count). The molecule has 108 valence electrons. The van der Waals surface area contributed by atoms with Crippen LogP contribution in [0.5, 0.6) is 0 Å². The molecule has 1 heterocycles. The predicted octanol–water partition coefficient (Wildman–Crippen LogP) is 0.894. The monoisotopic (exact) mass is 277 g/mol. The molecule has 0 aliphatic carbocycles. The van der Waals surface area contributed by atoms with Crippen molar-refractivity contribution < 1.29 is 9.47 Å². The maximum absolute atomic E-state index is 6.02. The van der Waals surface area contributed by atoms with Gasteiger partial charge in [0, 0.05) is 18.4 Å². The zero-order valence-electron chi connectivity index (χ0n) is 11.7. The van der Waals surface area contributed by atoms with Gasteiger partial charge in [-0.3, -0.25) is 0 Å². The third-order valence-corrected chi connectivity index (χ3v) is 2.94. The summed E-state index contributed by atoms with van der Waals surface area (Å²) in [4.78, 5) is 0. The van der Waals surface area contributed by atoms with Crippen molar-refractivity contribution in [3.05, 3.63) is 23.8 Å². The number of hydrogen-bond acceptors (Lipinski definition) is 6. The van der Waals surface area contributed by atoms with Crippen LogP contribution < -0.4 is 5.73 Å². The molecular formula is C13H19N5O2. The highest BCUT2D eigenvalue weighted by Crippen LogP contribution is 2.26. The first-order chi connectivity index (χ1) is 9.74. The van der Waals surface area contributed by atoms with Crippen molar-refractivity contribution in [1.29, 1.82) is 0 Å². The third-order valence-electron chi connectivity index (χ3n) is 2.94. The Labute approximate surface area is 117 Å². The maximum atomic E-state index is 6.02. The third kappa shape index (κ3) is 3.31. The Bertz CT molecular complexity index is 535. The first-order valence-corrected chi connectivity index (χ1v) is 6.42. The highest BCUT2D eigenvalue weighted by molar-refractivity contribution is 5.74. The minimum absolute atomic E-state index is 0.521. The maximum Gasteiger partial charge on any atom is 0.184 e. The second kappa shape index (κ2) is 6.97. The molecule has 0 radical (unpaired) electrons. The van der Waals surface area contributed by atoms with Crippen LogP contribution in [-0.2, 0) is 16.0 Å². The average molecular weight is 277 g/mol. The number of rotatable bonds is 7. The number of tetrazole rings is 1. The second-order valence-corrected chi connectivity index (χ2v) is 4.37. The van der Waals surface area contributed by atoms with Gasteiger partial charge < -0.3 is 15.2 Å². The number of nitrogens with two attached hydrogens (primary N) is 1. The van der Waals surface area contributed by atoms with Crippen molar-refractivity contribution in [2.24, 2.45) is 0 Å². The molecule has 2 N–H and O–H groups in total. The van der Waals surface area contributed by atoms with E-state index < -0.39 is 0 Å². The molecule has 0 unspecified atom stereocenters. The predicted molar refractivity (Wildman–Crippen MR) is 75.1 cm³/mol. The van der Waals surface area contributed by atoms with Gasteiger partial charge in [0.25, 0.3) is 0 Å². The van der Waals surface area contributed by atoms with Gasteiger partial charge in [0.15, 0.2) is 5.82 Å². The van der Waals surface area contributed by atoms with E-state index >= 15 is 0 Å². The van der Waals surface area contributed by atoms with E-state index in [-0.39, 0.29) is 0 Å². The summed E-state index contributed by atoms with van der Waals surface area (Å²) < 4.78 is 12.0. The Morgan fingerprint density at radius 1 is 1.25 bits per heavy atom. The fourth-order valence-corrected chi connectivity index (χ4v) is 1.93. The largest absolute Gasteiger partial charge is 0.398 e. The summed E-state index contributed by atoms with van der Waals surface area (Å²) in [6.07, 6.45) is 0. The standard InChI is InChI=1S/C13H19N5O2/c1-10-4-3-5-11(14)12(10)13-15-16-17-18(13)6-7-20-9-8-19-2/h3-5H,6-9,14H2,1-2H3. The summed E-state index contributed by atoms with van der Waals surface area (Å²) in [6.45, 7) is 4.21. The minimum atomic E-state index is 0.521. The lowest BCUT2D eigenvalue weighted by Gasteiger charge is -2.09. The van der Waals surface area contributed by atoms with Crippen LogP contribution in [0.3, 0.4) is 0 Å². The van der Waals surface area contributed by atoms with E-state index in [4.69, 9.17) is 15.2 Å². The fourth-order valence-electron chi connectivity index (χ4n) is 1.93. The summed E-state index contributed by atoms with van der Waals surface area (Å²) in [5.41, 5.74) is 8.60. The number of benzene rings is 1. The van der Waals surface area contributed by atoms with Gasteiger partial charge in [-0.25, -0.2) is 4.68 Å². The van der Waals surface area contributed by atoms with Gasteiger partial charge in [-0.2, -0.15) is 0 Å². The summed E-state index contributed by atoms with van der Waals surface area (Å²) in [5.74, 6) is 0.663. The van der Waals surface area contributed by atoms with Crippen LogP contribution in [-0.4, -0.2) is 47.1 Å². The number of aromatic nitrogens is 4. The molecule has 1 aromatic carbocycles. The quantitative estimate of drug-likeness (QED) is 0.597. The van der Waals surface area contributed by atoms with E-state index in [1.54, 1.807) is 11.8 Å². The number of aryl methyl sites for hydroxylation is 1. The van der Waals surface area contributed by atoms with Crippen LogP contribution in [0.1, 0.15) is 5.56 Å². The topological polar surface area (TPSA) is 88.1 Å². The van der Waals surface area contributed by atoms with Crippen LogP contribution in [0.4, 0.5) is 5.69 Å². The zero-order valence-corrected chi connectivity index (χ0v) is 11.7. The summed E-state index contributed by atoms with van der Waals surface area (Å²) >= 11 is 0. The van der Waals surface area contributed by atoms with Crippen molar-refractivity contribution >= 4 is 5.69 Å². The van der Waals surface area contributed by atoms with Gasteiger partial charge in [-0.1, -0.05) is 12.1 Å². The Morgan fingerprint density at radius 2 is 2.10 bits per heavy atom. The zero-order chi connectivity index (χ0) is 14.4. The summed E-state index contributed by atoms with van der Waals surface area (Å²) in [6, 6.07) is 5.74. The van der Waals surface area contributed by atoms with Crippen LogP contribution in [0, 0.1) is 6.92 Å². The average Bonchev–Trinajstić information content (AvgIpc) is 2.87. The van der Waals surface area contributed by atoms with Crippen LogP contribution in [0.25, 0.3) is 11.4 Å². The Morgan fingerprint density at radius 3 is 2.85 bits per heavy atom. The van der Waals surface area contributed by atoms with Gasteiger partial charge >= 0.3 is 0 Å². The summed E-state index contributed by atoms with van der Waals surface area (Å²) in [5, 5.41) is 11.8. The number of nitrogens with zero attached hydrogens (tertiary/aromatic N) is 4. The van der Waals surface area contributed by atoms with Crippen molar-refractivity contribution in [1.82, 2.24) is 20.2 Å². The van der Waals surface area contributed by atoms with Crippen LogP contribution in [0.2, 0.25) is 0 Å². The number of hydrogen-bond donors (Lipinski definition) is 1. The first-order valence-electron chi connectivity index (χ1n) is 6.42. The highest BCUT2D eigenvalue weighted by Gasteiger charge is 2.14. The summed E-state index contributed by atoms with van der Waals surface area (Å²) in [7, 11) is 1.64. The Kier molecular flexibility index (Phi) is 5.03. The molecule has 7 nitrogen and oxygen atoms in total. The van der Waals surface area contributed by atoms with Gasteiger partial charge in [0.05, 0.1) is 26.4 Å². The molecule has 7 heteroatoms. The van der Waals surface area contributed by atoms with E-state index in [1.165, 1.54) is 0 Å². The first kappa shape index (κ1) is 14.4. The molecule has 0 spiro atoms. The molecule has 0 atom stereocenters. The molecule has 1 aromatic heterocycles. The second-order valence-electron chi connectivity index (χ2n) is 4.37. The molecule has 0 bridgehead atoms. The van der Waals surface area contributed by atoms with Gasteiger partial charge in [0.1, 0.15) is 0 Å². The van der Waals surface area contributed by atoms with Crippen LogP contribution in [0.15, 0.2) is 18.2 Å². The molecule has 20 heavy (non-hydrogen) atoms. The van der Waals surface area contributed by atoms with Gasteiger partial charge in [-0.05, 0) is 29.0 Å². The van der Waals surface area contributed by atoms with E-state index in [0.717, 1.165) is 11.1 Å². The smallest absolute Gasteiger partial charge is 0.184 e. The van der Waals surface area contributed by atoms with Gasteiger partial charge in [-0.15, -0.1) is 5.10 Å². The molecule has 2 aromatic rings. The van der Waals surface area contributed by atoms with Crippen molar-refractivity contribution in [3.8, 4) is 11.4 Å². The SMILES string of the molecule is COCCOCCn1nnnc1-c1c(C)cccc1N. The molecule has 0 saturated heterocycles. The molecule has 0 aliphatic rings. The molecular weight excluding hydrogens is 258 g/mol. The van der Waals surface area contributed by atoms with Crippen LogP contribution >= 0.6 is 0 Å². The number of methoxy groups -OCH3 is 1. The Hall–Kier alpha value is -1.99. The lowest BCUT2D eigenvalue weighted by Crippen LogP contribution is -2.12. The number of anilines is 1. The lowest BCUT2D eigenvalue weighted by molar-refractivity contribution is 0.0654. The molecule has 0 fully saturated rings. The molecule has 0 saturated carbocycles. The van der Waals surface area contributed by atoms with E-state index in [9.17, 15) is 0 Å². The molecule has 0 aliphatic heterocycles.